The van der Waals surface area contributed by atoms with Gasteiger partial charge in [-0.3, -0.25) is 14.4 Å². The summed E-state index contributed by atoms with van der Waals surface area (Å²) in [5.74, 6) is -0.444. The van der Waals surface area contributed by atoms with Crippen molar-refractivity contribution < 1.29 is 29.0 Å². The molecule has 6 heteroatoms. The van der Waals surface area contributed by atoms with Crippen molar-refractivity contribution >= 4 is 18.2 Å². The fraction of sp³-hybridized carbons (Fsp3) is 0.761. The van der Waals surface area contributed by atoms with E-state index in [1.165, 1.54) is 75.9 Å². The van der Waals surface area contributed by atoms with Gasteiger partial charge in [-0.25, -0.2) is 0 Å². The van der Waals surface area contributed by atoms with Gasteiger partial charge in [0.2, 0.25) is 0 Å². The first-order valence-corrected chi connectivity index (χ1v) is 20.8. The Morgan fingerprint density at radius 1 is 0.827 bits per heavy atom. The van der Waals surface area contributed by atoms with Crippen LogP contribution in [0.25, 0.3) is 0 Å². The zero-order valence-corrected chi connectivity index (χ0v) is 35.0. The van der Waals surface area contributed by atoms with Crippen LogP contribution in [0.2, 0.25) is 0 Å². The van der Waals surface area contributed by atoms with Crippen molar-refractivity contribution in [3.8, 4) is 0 Å². The molecule has 52 heavy (non-hydrogen) atoms. The van der Waals surface area contributed by atoms with Crippen LogP contribution in [0, 0.1) is 11.3 Å². The van der Waals surface area contributed by atoms with Gasteiger partial charge < -0.3 is 14.6 Å². The maximum atomic E-state index is 12.5. The predicted molar refractivity (Wildman–Crippen MR) is 217 cm³/mol. The molecule has 0 saturated heterocycles. The average Bonchev–Trinajstić information content (AvgIpc) is 3.08. The summed E-state index contributed by atoms with van der Waals surface area (Å²) in [6, 6.07) is 0. The number of allylic oxidation sites excluding steroid dienone is 6. The molecule has 6 nitrogen and oxygen atoms in total. The molecule has 0 aromatic rings. The molecule has 1 N–H and O–H groups in total. The minimum absolute atomic E-state index is 0.0174. The van der Waals surface area contributed by atoms with Crippen molar-refractivity contribution in [3.63, 3.8) is 0 Å². The van der Waals surface area contributed by atoms with E-state index in [1.807, 2.05) is 20.8 Å². The molecule has 0 bridgehead atoms. The number of carbonyl (C=O) groups is 3. The highest BCUT2D eigenvalue weighted by Gasteiger charge is 2.52. The molecule has 1 rings (SSSR count). The van der Waals surface area contributed by atoms with Gasteiger partial charge in [0.25, 0.3) is 0 Å². The van der Waals surface area contributed by atoms with Crippen LogP contribution in [0.4, 0.5) is 0 Å². The molecule has 1 aliphatic carbocycles. The van der Waals surface area contributed by atoms with Crippen LogP contribution >= 0.6 is 0 Å². The Morgan fingerprint density at radius 2 is 1.44 bits per heavy atom. The summed E-state index contributed by atoms with van der Waals surface area (Å²) < 4.78 is 11.4. The lowest BCUT2D eigenvalue weighted by atomic mass is 9.54. The van der Waals surface area contributed by atoms with Gasteiger partial charge in [0, 0.05) is 25.2 Å². The van der Waals surface area contributed by atoms with Gasteiger partial charge in [0.05, 0.1) is 12.2 Å². The topological polar surface area (TPSA) is 89.9 Å². The van der Waals surface area contributed by atoms with Crippen LogP contribution in [-0.4, -0.2) is 41.6 Å². The average molecular weight is 727 g/mol. The van der Waals surface area contributed by atoms with Crippen molar-refractivity contribution in [3.05, 3.63) is 46.1 Å². The van der Waals surface area contributed by atoms with Crippen molar-refractivity contribution in [2.75, 3.05) is 6.61 Å². The molecule has 0 aliphatic heterocycles. The molecule has 0 spiro atoms. The third kappa shape index (κ3) is 18.5. The number of aliphatic hydroxyl groups is 1. The summed E-state index contributed by atoms with van der Waals surface area (Å²) in [4.78, 5) is 36.5. The Kier molecular flexibility index (Phi) is 24.1. The number of carbonyl (C=O) groups excluding carboxylic acids is 3. The van der Waals surface area contributed by atoms with Crippen LogP contribution < -0.4 is 0 Å². The van der Waals surface area contributed by atoms with Crippen molar-refractivity contribution in [2.45, 2.75) is 209 Å². The summed E-state index contributed by atoms with van der Waals surface area (Å²) in [5, 5.41) is 11.9. The summed E-state index contributed by atoms with van der Waals surface area (Å²) in [7, 11) is 0. The second kappa shape index (κ2) is 26.3. The molecule has 4 unspecified atom stereocenters. The number of ether oxygens (including phenoxy) is 2. The van der Waals surface area contributed by atoms with Gasteiger partial charge in [0.15, 0.2) is 0 Å². The van der Waals surface area contributed by atoms with Gasteiger partial charge in [-0.1, -0.05) is 113 Å². The van der Waals surface area contributed by atoms with E-state index in [0.29, 0.717) is 51.6 Å². The number of aldehydes is 1. The molecule has 0 radical (unpaired) electrons. The maximum Gasteiger partial charge on any atom is 0.305 e. The first-order chi connectivity index (χ1) is 24.7. The van der Waals surface area contributed by atoms with Gasteiger partial charge in [-0.2, -0.15) is 0 Å². The Hall–Kier alpha value is -2.47. The molecule has 1 aliphatic rings. The lowest BCUT2D eigenvalue weighted by Gasteiger charge is -2.53. The largest absolute Gasteiger partial charge is 0.466 e. The first-order valence-electron chi connectivity index (χ1n) is 20.8. The highest BCUT2D eigenvalue weighted by Crippen LogP contribution is 2.55. The second-order valence-corrected chi connectivity index (χ2v) is 16.4. The normalized spacial score (nSPS) is 22.5. The van der Waals surface area contributed by atoms with Gasteiger partial charge in [-0.15, -0.1) is 0 Å². The highest BCUT2D eigenvalue weighted by molar-refractivity contribution is 5.74. The van der Waals surface area contributed by atoms with E-state index in [-0.39, 0.29) is 24.0 Å². The van der Waals surface area contributed by atoms with Crippen molar-refractivity contribution in [2.24, 2.45) is 11.3 Å². The van der Waals surface area contributed by atoms with Crippen molar-refractivity contribution in [1.29, 1.82) is 0 Å². The first kappa shape index (κ1) is 47.6. The molecule has 1 saturated carbocycles. The van der Waals surface area contributed by atoms with E-state index >= 15 is 0 Å². The lowest BCUT2D eigenvalue weighted by Crippen LogP contribution is -2.52. The minimum atomic E-state index is -0.932. The Morgan fingerprint density at radius 3 is 2.02 bits per heavy atom. The van der Waals surface area contributed by atoms with Crippen molar-refractivity contribution in [1.82, 2.24) is 0 Å². The quantitative estimate of drug-likeness (QED) is 0.0298. The molecule has 298 valence electrons. The van der Waals surface area contributed by atoms with E-state index in [2.05, 4.69) is 52.8 Å². The number of esters is 2. The lowest BCUT2D eigenvalue weighted by molar-refractivity contribution is -0.145. The van der Waals surface area contributed by atoms with Crippen LogP contribution in [0.5, 0.6) is 0 Å². The number of unbranched alkanes of at least 4 members (excludes halogenated alkanes) is 10. The van der Waals surface area contributed by atoms with E-state index < -0.39 is 11.0 Å². The molecule has 4 atom stereocenters. The van der Waals surface area contributed by atoms with Crippen LogP contribution in [-0.2, 0) is 23.9 Å². The Balaban J connectivity index is 2.81. The summed E-state index contributed by atoms with van der Waals surface area (Å²) in [6.45, 7) is 18.4. The molecule has 1 fully saturated rings. The molecular weight excluding hydrogens is 649 g/mol. The number of rotatable bonds is 27. The van der Waals surface area contributed by atoms with E-state index in [9.17, 15) is 19.5 Å². The SMILES string of the molecule is CCCCCCCCCCCCCC(=O)OCCCC1C(=C(C)C=O)CCC(C)(O)C1(C)CCC=C(C)C(CC=C(C)CCC=C(C)C)OC(C)=O. The van der Waals surface area contributed by atoms with Gasteiger partial charge >= 0.3 is 11.9 Å². The Labute approximate surface area is 319 Å². The fourth-order valence-corrected chi connectivity index (χ4v) is 7.82. The van der Waals surface area contributed by atoms with E-state index in [1.54, 1.807) is 0 Å². The van der Waals surface area contributed by atoms with E-state index in [0.717, 1.165) is 55.1 Å². The monoisotopic (exact) mass is 727 g/mol. The zero-order valence-electron chi connectivity index (χ0n) is 35.0. The predicted octanol–water partition coefficient (Wildman–Crippen LogP) is 12.4. The number of hydrogen-bond donors (Lipinski definition) is 1. The third-order valence-electron chi connectivity index (χ3n) is 11.6. The smallest absolute Gasteiger partial charge is 0.305 e. The second-order valence-electron chi connectivity index (χ2n) is 16.4. The Bertz CT molecular complexity index is 1180. The van der Waals surface area contributed by atoms with Gasteiger partial charge in [-0.05, 0) is 116 Å². The third-order valence-corrected chi connectivity index (χ3v) is 11.6. The van der Waals surface area contributed by atoms with Crippen LogP contribution in [0.15, 0.2) is 46.1 Å². The van der Waals surface area contributed by atoms with Crippen LogP contribution in [0.1, 0.15) is 197 Å². The maximum absolute atomic E-state index is 12.5. The van der Waals surface area contributed by atoms with E-state index in [4.69, 9.17) is 9.47 Å². The molecule has 0 heterocycles. The summed E-state index contributed by atoms with van der Waals surface area (Å²) in [5.41, 5.74) is 4.02. The minimum Gasteiger partial charge on any atom is -0.466 e. The zero-order chi connectivity index (χ0) is 39.0. The molecule has 0 aromatic carbocycles. The standard InChI is InChI=1S/C46H78O6/c1-10-11-12-13-14-15-16-17-18-19-20-28-44(49)51-34-23-27-42-41(39(6)35-47)31-33-46(9,50)45(42,8)32-22-26-38(5)43(52-40(7)48)30-29-37(4)25-21-24-36(2)3/h24,26,29,35,42-43,50H,10-23,25,27-28,30-34H2,1-9H3. The summed E-state index contributed by atoms with van der Waals surface area (Å²) >= 11 is 0. The fourth-order valence-electron chi connectivity index (χ4n) is 7.82. The molecule has 0 aromatic heterocycles. The number of hydrogen-bond acceptors (Lipinski definition) is 6. The summed E-state index contributed by atoms with van der Waals surface area (Å²) in [6.07, 6.45) is 28.1. The van der Waals surface area contributed by atoms with Gasteiger partial charge in [0.1, 0.15) is 12.4 Å². The highest BCUT2D eigenvalue weighted by atomic mass is 16.5. The molecule has 0 amide bonds. The molecular formula is C46H78O6. The van der Waals surface area contributed by atoms with Crippen LogP contribution in [0.3, 0.4) is 0 Å².